The number of halogens is 1. The van der Waals surface area contributed by atoms with E-state index in [4.69, 9.17) is 11.6 Å². The molecule has 152 valence electrons. The fourth-order valence-corrected chi connectivity index (χ4v) is 3.65. The zero-order chi connectivity index (χ0) is 21.1. The SMILES string of the molecule is Cc1ccc([C@H]2C(=C(O)c3ccc(Cl)cc3)C(=O)C(=O)N2CCCN(C)C)cc1. The second kappa shape index (κ2) is 8.80. The van der Waals surface area contributed by atoms with Crippen LogP contribution in [0.15, 0.2) is 54.1 Å². The number of nitrogens with zero attached hydrogens (tertiary/aromatic N) is 2. The first kappa shape index (κ1) is 21.1. The summed E-state index contributed by atoms with van der Waals surface area (Å²) in [4.78, 5) is 29.3. The number of likely N-dealkylation sites (tertiary alicyclic amines) is 1. The summed E-state index contributed by atoms with van der Waals surface area (Å²) >= 11 is 5.94. The summed E-state index contributed by atoms with van der Waals surface area (Å²) in [6, 6.07) is 13.6. The minimum atomic E-state index is -0.659. The Morgan fingerprint density at radius 2 is 1.69 bits per heavy atom. The van der Waals surface area contributed by atoms with Crippen molar-refractivity contribution in [2.45, 2.75) is 19.4 Å². The summed E-state index contributed by atoms with van der Waals surface area (Å²) in [5, 5.41) is 11.5. The largest absolute Gasteiger partial charge is 0.507 e. The van der Waals surface area contributed by atoms with Crippen LogP contribution in [0.3, 0.4) is 0 Å². The molecule has 0 bridgehead atoms. The van der Waals surface area contributed by atoms with Gasteiger partial charge >= 0.3 is 0 Å². The van der Waals surface area contributed by atoms with Gasteiger partial charge in [-0.3, -0.25) is 9.59 Å². The molecule has 2 aromatic rings. The summed E-state index contributed by atoms with van der Waals surface area (Å²) < 4.78 is 0. The molecule has 1 saturated heterocycles. The molecule has 5 nitrogen and oxygen atoms in total. The third-order valence-corrected chi connectivity index (χ3v) is 5.31. The summed E-state index contributed by atoms with van der Waals surface area (Å²) in [7, 11) is 3.93. The number of amides is 1. The second-order valence-electron chi connectivity index (χ2n) is 7.57. The first-order chi connectivity index (χ1) is 13.8. The zero-order valence-electron chi connectivity index (χ0n) is 16.9. The number of carbonyl (C=O) groups excluding carboxylic acids is 2. The monoisotopic (exact) mass is 412 g/mol. The average molecular weight is 413 g/mol. The maximum absolute atomic E-state index is 12.9. The van der Waals surface area contributed by atoms with Crippen LogP contribution < -0.4 is 0 Å². The van der Waals surface area contributed by atoms with Gasteiger partial charge in [-0.25, -0.2) is 0 Å². The molecule has 0 radical (unpaired) electrons. The third-order valence-electron chi connectivity index (χ3n) is 5.06. The van der Waals surface area contributed by atoms with Crippen molar-refractivity contribution in [3.8, 4) is 0 Å². The number of aryl methyl sites for hydroxylation is 1. The molecule has 1 N–H and O–H groups in total. The first-order valence-electron chi connectivity index (χ1n) is 9.55. The normalized spacial score (nSPS) is 18.7. The van der Waals surface area contributed by atoms with E-state index < -0.39 is 17.7 Å². The Kier molecular flexibility index (Phi) is 6.40. The van der Waals surface area contributed by atoms with Crippen LogP contribution in [-0.2, 0) is 9.59 Å². The molecule has 0 unspecified atom stereocenters. The molecule has 1 aliphatic heterocycles. The quantitative estimate of drug-likeness (QED) is 0.442. The second-order valence-corrected chi connectivity index (χ2v) is 8.00. The number of rotatable bonds is 6. The van der Waals surface area contributed by atoms with Gasteiger partial charge < -0.3 is 14.9 Å². The van der Waals surface area contributed by atoms with Gasteiger partial charge in [-0.15, -0.1) is 0 Å². The molecule has 3 rings (SSSR count). The Morgan fingerprint density at radius 1 is 1.07 bits per heavy atom. The Bertz CT molecular complexity index is 934. The van der Waals surface area contributed by atoms with Crippen molar-refractivity contribution in [3.63, 3.8) is 0 Å². The molecule has 29 heavy (non-hydrogen) atoms. The molecule has 1 amide bonds. The standard InChI is InChI=1S/C23H25ClN2O3/c1-15-5-7-16(8-6-15)20-19(21(27)17-9-11-18(24)12-10-17)22(28)23(29)26(20)14-4-13-25(2)3/h5-12,20,27H,4,13-14H2,1-3H3/t20-/m0/s1. The summed E-state index contributed by atoms with van der Waals surface area (Å²) in [5.41, 5.74) is 2.45. The molecule has 2 aromatic carbocycles. The van der Waals surface area contributed by atoms with Gasteiger partial charge in [-0.2, -0.15) is 0 Å². The van der Waals surface area contributed by atoms with Crippen LogP contribution in [0.2, 0.25) is 5.02 Å². The minimum Gasteiger partial charge on any atom is -0.507 e. The molecule has 0 saturated carbocycles. The minimum absolute atomic E-state index is 0.117. The lowest BCUT2D eigenvalue weighted by Crippen LogP contribution is -2.32. The highest BCUT2D eigenvalue weighted by molar-refractivity contribution is 6.46. The predicted octanol–water partition coefficient (Wildman–Crippen LogP) is 4.02. The molecule has 1 atom stereocenters. The van der Waals surface area contributed by atoms with Crippen LogP contribution in [-0.4, -0.2) is 53.8 Å². The summed E-state index contributed by atoms with van der Waals surface area (Å²) in [6.45, 7) is 3.20. The van der Waals surface area contributed by atoms with Gasteiger partial charge in [0.05, 0.1) is 11.6 Å². The Labute approximate surface area is 176 Å². The van der Waals surface area contributed by atoms with Crippen molar-refractivity contribution < 1.29 is 14.7 Å². The Morgan fingerprint density at radius 3 is 2.28 bits per heavy atom. The van der Waals surface area contributed by atoms with Crippen LogP contribution in [0.1, 0.15) is 29.2 Å². The maximum Gasteiger partial charge on any atom is 0.295 e. The van der Waals surface area contributed by atoms with Gasteiger partial charge in [0, 0.05) is 17.1 Å². The van der Waals surface area contributed by atoms with Gasteiger partial charge in [-0.1, -0.05) is 41.4 Å². The summed E-state index contributed by atoms with van der Waals surface area (Å²) in [6.07, 6.45) is 0.726. The molecule has 0 spiro atoms. The molecule has 0 aliphatic carbocycles. The zero-order valence-corrected chi connectivity index (χ0v) is 17.6. The van der Waals surface area contributed by atoms with E-state index in [1.807, 2.05) is 50.2 Å². The van der Waals surface area contributed by atoms with Crippen LogP contribution in [0.5, 0.6) is 0 Å². The first-order valence-corrected chi connectivity index (χ1v) is 9.93. The number of aliphatic hydroxyl groups excluding tert-OH is 1. The third kappa shape index (κ3) is 4.52. The molecule has 1 heterocycles. The lowest BCUT2D eigenvalue weighted by atomic mass is 9.94. The van der Waals surface area contributed by atoms with Gasteiger partial charge in [0.1, 0.15) is 5.76 Å². The van der Waals surface area contributed by atoms with Crippen LogP contribution in [0.25, 0.3) is 5.76 Å². The molecule has 1 fully saturated rings. The van der Waals surface area contributed by atoms with E-state index in [1.165, 1.54) is 0 Å². The Hall–Kier alpha value is -2.63. The van der Waals surface area contributed by atoms with Crippen LogP contribution in [0, 0.1) is 6.92 Å². The van der Waals surface area contributed by atoms with E-state index in [0.717, 1.165) is 24.1 Å². The van der Waals surface area contributed by atoms with Crippen molar-refractivity contribution >= 4 is 29.1 Å². The van der Waals surface area contributed by atoms with Crippen molar-refractivity contribution in [2.75, 3.05) is 27.2 Å². The Balaban J connectivity index is 2.07. The van der Waals surface area contributed by atoms with Gasteiger partial charge in [0.15, 0.2) is 0 Å². The van der Waals surface area contributed by atoms with E-state index in [2.05, 4.69) is 0 Å². The molecular formula is C23H25ClN2O3. The number of carbonyl (C=O) groups is 2. The van der Waals surface area contributed by atoms with Gasteiger partial charge in [-0.05, 0) is 63.8 Å². The maximum atomic E-state index is 12.9. The van der Waals surface area contributed by atoms with E-state index >= 15 is 0 Å². The van der Waals surface area contributed by atoms with Crippen molar-refractivity contribution in [1.29, 1.82) is 0 Å². The number of ketones is 1. The van der Waals surface area contributed by atoms with Gasteiger partial charge in [0.25, 0.3) is 11.7 Å². The van der Waals surface area contributed by atoms with Gasteiger partial charge in [0.2, 0.25) is 0 Å². The highest BCUT2D eigenvalue weighted by Gasteiger charge is 2.45. The van der Waals surface area contributed by atoms with Crippen molar-refractivity contribution in [1.82, 2.24) is 9.80 Å². The average Bonchev–Trinajstić information content (AvgIpc) is 2.93. The smallest absolute Gasteiger partial charge is 0.295 e. The molecule has 1 aliphatic rings. The highest BCUT2D eigenvalue weighted by atomic mass is 35.5. The number of hydrogen-bond donors (Lipinski definition) is 1. The van der Waals surface area contributed by atoms with Crippen molar-refractivity contribution in [3.05, 3.63) is 75.8 Å². The fraction of sp³-hybridized carbons (Fsp3) is 0.304. The lowest BCUT2D eigenvalue weighted by Gasteiger charge is -2.26. The van der Waals surface area contributed by atoms with E-state index in [1.54, 1.807) is 29.2 Å². The van der Waals surface area contributed by atoms with Crippen LogP contribution >= 0.6 is 11.6 Å². The number of benzene rings is 2. The highest BCUT2D eigenvalue weighted by Crippen LogP contribution is 2.39. The fourth-order valence-electron chi connectivity index (χ4n) is 3.53. The van der Waals surface area contributed by atoms with E-state index in [0.29, 0.717) is 17.1 Å². The molecule has 0 aromatic heterocycles. The van der Waals surface area contributed by atoms with E-state index in [9.17, 15) is 14.7 Å². The number of Topliss-reactive ketones (excluding diaryl/α,β-unsaturated/α-hetero) is 1. The number of aliphatic hydroxyl groups is 1. The number of hydrogen-bond acceptors (Lipinski definition) is 4. The molecule has 6 heteroatoms. The van der Waals surface area contributed by atoms with E-state index in [-0.39, 0.29) is 11.3 Å². The molecular weight excluding hydrogens is 388 g/mol. The summed E-state index contributed by atoms with van der Waals surface area (Å²) in [5.74, 6) is -1.42. The lowest BCUT2D eigenvalue weighted by molar-refractivity contribution is -0.139. The topological polar surface area (TPSA) is 60.9 Å². The van der Waals surface area contributed by atoms with Crippen molar-refractivity contribution in [2.24, 2.45) is 0 Å². The van der Waals surface area contributed by atoms with Crippen LogP contribution in [0.4, 0.5) is 0 Å². The predicted molar refractivity (Wildman–Crippen MR) is 115 cm³/mol.